The molecule has 0 saturated heterocycles. The van der Waals surface area contributed by atoms with Crippen LogP contribution in [0.5, 0.6) is 0 Å². The van der Waals surface area contributed by atoms with Crippen LogP contribution in [0.2, 0.25) is 0 Å². The predicted molar refractivity (Wildman–Crippen MR) is 171 cm³/mol. The molecule has 8 heteroatoms. The molecule has 0 fully saturated rings. The third-order valence-electron chi connectivity index (χ3n) is 8.42. The first-order chi connectivity index (χ1) is 21.3. The van der Waals surface area contributed by atoms with Gasteiger partial charge in [-0.3, -0.25) is 14.9 Å². The van der Waals surface area contributed by atoms with E-state index in [-0.39, 0.29) is 12.0 Å². The molecule has 1 atom stereocenters. The molecule has 8 nitrogen and oxygen atoms in total. The number of aliphatic carboxylic acids is 1. The lowest BCUT2D eigenvalue weighted by Crippen LogP contribution is -2.53. The van der Waals surface area contributed by atoms with Crippen molar-refractivity contribution >= 4 is 11.6 Å². The molecule has 0 aliphatic carbocycles. The van der Waals surface area contributed by atoms with Gasteiger partial charge in [-0.05, 0) is 42.7 Å². The van der Waals surface area contributed by atoms with E-state index in [0.29, 0.717) is 16.9 Å². The Balaban J connectivity index is 1.48. The topological polar surface area (TPSA) is 102 Å². The van der Waals surface area contributed by atoms with E-state index < -0.39 is 17.6 Å². The van der Waals surface area contributed by atoms with Crippen LogP contribution in [0, 0.1) is 13.8 Å². The highest BCUT2D eigenvalue weighted by Crippen LogP contribution is 2.37. The zero-order chi connectivity index (χ0) is 30.8. The SMILES string of the molecule is Cc1nc(-c2ccc(C[C@H](NC(c3ccccc3)(c3ccccc3)c3ccccc3)C(=O)O)n3ccnc23)c(=O)n(C)c1C. The Hall–Kier alpha value is -5.34. The minimum Gasteiger partial charge on any atom is -0.480 e. The van der Waals surface area contributed by atoms with E-state index in [4.69, 9.17) is 0 Å². The molecule has 0 aliphatic heterocycles. The number of rotatable bonds is 9. The maximum Gasteiger partial charge on any atom is 0.321 e. The molecule has 220 valence electrons. The summed E-state index contributed by atoms with van der Waals surface area (Å²) in [6, 6.07) is 32.4. The monoisotopic (exact) mass is 583 g/mol. The lowest BCUT2D eigenvalue weighted by molar-refractivity contribution is -0.139. The van der Waals surface area contributed by atoms with Gasteiger partial charge in [0.05, 0.1) is 11.2 Å². The van der Waals surface area contributed by atoms with E-state index in [0.717, 1.165) is 33.8 Å². The molecule has 3 aromatic heterocycles. The molecule has 2 N–H and O–H groups in total. The zero-order valence-corrected chi connectivity index (χ0v) is 24.8. The summed E-state index contributed by atoms with van der Waals surface area (Å²) in [5, 5.41) is 14.3. The average molecular weight is 584 g/mol. The van der Waals surface area contributed by atoms with Crippen molar-refractivity contribution in [2.75, 3.05) is 0 Å². The third kappa shape index (κ3) is 4.99. The van der Waals surface area contributed by atoms with Crippen molar-refractivity contribution in [1.29, 1.82) is 0 Å². The molecular weight excluding hydrogens is 550 g/mol. The minimum atomic E-state index is -1.00. The lowest BCUT2D eigenvalue weighted by Gasteiger charge is -2.39. The molecule has 0 amide bonds. The fourth-order valence-electron chi connectivity index (χ4n) is 5.93. The number of fused-ring (bicyclic) bond motifs is 1. The first-order valence-electron chi connectivity index (χ1n) is 14.5. The van der Waals surface area contributed by atoms with Gasteiger partial charge in [0, 0.05) is 42.8 Å². The van der Waals surface area contributed by atoms with Crippen molar-refractivity contribution in [1.82, 2.24) is 24.3 Å². The summed E-state index contributed by atoms with van der Waals surface area (Å²) in [6.07, 6.45) is 3.59. The summed E-state index contributed by atoms with van der Waals surface area (Å²) >= 11 is 0. The number of aryl methyl sites for hydroxylation is 1. The molecule has 0 unspecified atom stereocenters. The van der Waals surface area contributed by atoms with Crippen LogP contribution in [0.15, 0.2) is 120 Å². The van der Waals surface area contributed by atoms with Gasteiger partial charge in [-0.15, -0.1) is 0 Å². The fraction of sp³-hybridized carbons (Fsp3) is 0.167. The Morgan fingerprint density at radius 2 is 1.41 bits per heavy atom. The normalized spacial score (nSPS) is 12.3. The number of carboxylic acid groups (broad SMARTS) is 1. The van der Waals surface area contributed by atoms with Crippen molar-refractivity contribution in [3.63, 3.8) is 0 Å². The molecule has 0 saturated carbocycles. The van der Waals surface area contributed by atoms with Crippen molar-refractivity contribution < 1.29 is 9.90 Å². The number of carboxylic acids is 1. The molecule has 44 heavy (non-hydrogen) atoms. The van der Waals surface area contributed by atoms with Crippen molar-refractivity contribution in [3.05, 3.63) is 160 Å². The van der Waals surface area contributed by atoms with Gasteiger partial charge >= 0.3 is 5.97 Å². The van der Waals surface area contributed by atoms with Gasteiger partial charge in [-0.25, -0.2) is 9.97 Å². The number of hydrogen-bond donors (Lipinski definition) is 2. The predicted octanol–water partition coefficient (Wildman–Crippen LogP) is 5.29. The number of imidazole rings is 1. The molecule has 0 spiro atoms. The smallest absolute Gasteiger partial charge is 0.321 e. The number of pyridine rings is 1. The van der Waals surface area contributed by atoms with Gasteiger partial charge in [0.25, 0.3) is 5.56 Å². The largest absolute Gasteiger partial charge is 0.480 e. The van der Waals surface area contributed by atoms with E-state index in [9.17, 15) is 14.7 Å². The van der Waals surface area contributed by atoms with Gasteiger partial charge in [0.1, 0.15) is 17.4 Å². The van der Waals surface area contributed by atoms with Crippen LogP contribution in [0.1, 0.15) is 33.8 Å². The standard InChI is InChI=1S/C36H33N5O3/c1-24-25(2)40(3)34(42)32(38-24)30-20-19-29(41-22-21-37-33(30)41)23-31(35(43)44)39-36(26-13-7-4-8-14-26,27-15-9-5-10-16-27)28-17-11-6-12-18-28/h4-22,31,39H,23H2,1-3H3,(H,43,44)/t31-/m0/s1. The van der Waals surface area contributed by atoms with E-state index in [1.807, 2.05) is 121 Å². The number of nitrogens with zero attached hydrogens (tertiary/aromatic N) is 4. The van der Waals surface area contributed by atoms with E-state index in [1.165, 1.54) is 0 Å². The molecule has 0 aliphatic rings. The van der Waals surface area contributed by atoms with Crippen LogP contribution in [0.25, 0.3) is 16.9 Å². The molecule has 6 rings (SSSR count). The molecule has 3 heterocycles. The summed E-state index contributed by atoms with van der Waals surface area (Å²) in [5.74, 6) is -0.987. The number of hydrogen-bond acceptors (Lipinski definition) is 5. The second kappa shape index (κ2) is 11.7. The molecule has 0 bridgehead atoms. The number of aromatic nitrogens is 4. The first-order valence-corrected chi connectivity index (χ1v) is 14.5. The van der Waals surface area contributed by atoms with Crippen molar-refractivity contribution in [2.24, 2.45) is 7.05 Å². The fourth-order valence-corrected chi connectivity index (χ4v) is 5.93. The van der Waals surface area contributed by atoms with Crippen LogP contribution >= 0.6 is 0 Å². The maximum absolute atomic E-state index is 13.2. The van der Waals surface area contributed by atoms with Gasteiger partial charge in [0.2, 0.25) is 0 Å². The van der Waals surface area contributed by atoms with Crippen LogP contribution in [0.3, 0.4) is 0 Å². The second-order valence-corrected chi connectivity index (χ2v) is 10.9. The summed E-state index contributed by atoms with van der Waals surface area (Å²) in [6.45, 7) is 3.73. The van der Waals surface area contributed by atoms with Crippen molar-refractivity contribution in [2.45, 2.75) is 31.8 Å². The van der Waals surface area contributed by atoms with Gasteiger partial charge in [0.15, 0.2) is 0 Å². The Labute approximate surface area is 255 Å². The summed E-state index contributed by atoms with van der Waals surface area (Å²) in [5.41, 5.74) is 5.30. The Morgan fingerprint density at radius 1 is 0.864 bits per heavy atom. The van der Waals surface area contributed by atoms with Crippen LogP contribution in [-0.2, 0) is 23.8 Å². The second-order valence-electron chi connectivity index (χ2n) is 10.9. The highest BCUT2D eigenvalue weighted by molar-refractivity contribution is 5.77. The Kier molecular flexibility index (Phi) is 7.67. The summed E-state index contributed by atoms with van der Waals surface area (Å²) in [4.78, 5) is 35.4. The quantitative estimate of drug-likeness (QED) is 0.224. The van der Waals surface area contributed by atoms with E-state index >= 15 is 0 Å². The van der Waals surface area contributed by atoms with Crippen LogP contribution in [-0.4, -0.2) is 36.1 Å². The summed E-state index contributed by atoms with van der Waals surface area (Å²) in [7, 11) is 1.73. The van der Waals surface area contributed by atoms with E-state index in [1.54, 1.807) is 24.0 Å². The van der Waals surface area contributed by atoms with Gasteiger partial charge in [-0.2, -0.15) is 0 Å². The van der Waals surface area contributed by atoms with E-state index in [2.05, 4.69) is 15.3 Å². The molecular formula is C36H33N5O3. The molecule has 0 radical (unpaired) electrons. The van der Waals surface area contributed by atoms with Gasteiger partial charge < -0.3 is 14.1 Å². The third-order valence-corrected chi connectivity index (χ3v) is 8.42. The highest BCUT2D eigenvalue weighted by Gasteiger charge is 2.40. The highest BCUT2D eigenvalue weighted by atomic mass is 16.4. The first kappa shape index (κ1) is 28.8. The van der Waals surface area contributed by atoms with Crippen molar-refractivity contribution in [3.8, 4) is 11.3 Å². The minimum absolute atomic E-state index is 0.148. The van der Waals surface area contributed by atoms with Gasteiger partial charge in [-0.1, -0.05) is 91.0 Å². The maximum atomic E-state index is 13.2. The lowest BCUT2D eigenvalue weighted by atomic mass is 9.76. The molecule has 6 aromatic rings. The number of nitrogens with one attached hydrogen (secondary N) is 1. The molecule has 3 aromatic carbocycles. The number of benzene rings is 3. The zero-order valence-electron chi connectivity index (χ0n) is 24.8. The Bertz CT molecular complexity index is 1900. The average Bonchev–Trinajstić information content (AvgIpc) is 3.56. The Morgan fingerprint density at radius 3 is 1.93 bits per heavy atom. The van der Waals surface area contributed by atoms with Crippen LogP contribution in [0.4, 0.5) is 0 Å². The summed E-state index contributed by atoms with van der Waals surface area (Å²) < 4.78 is 3.43. The van der Waals surface area contributed by atoms with Crippen LogP contribution < -0.4 is 10.9 Å². The number of carbonyl (C=O) groups is 1.